The van der Waals surface area contributed by atoms with Crippen LogP contribution in [-0.2, 0) is 11.4 Å². The van der Waals surface area contributed by atoms with Crippen molar-refractivity contribution in [1.82, 2.24) is 5.32 Å². The fraction of sp³-hybridized carbons (Fsp3) is 0.0833. The lowest BCUT2D eigenvalue weighted by Gasteiger charge is -2.11. The van der Waals surface area contributed by atoms with Gasteiger partial charge in [-0.2, -0.15) is 0 Å². The number of carbonyl (C=O) groups is 1. The van der Waals surface area contributed by atoms with Crippen LogP contribution in [0.4, 0.5) is 5.69 Å². The van der Waals surface area contributed by atoms with Gasteiger partial charge in [0.2, 0.25) is 0 Å². The summed E-state index contributed by atoms with van der Waals surface area (Å²) in [5.74, 6) is 0.200. The molecule has 0 unspecified atom stereocenters. The molecule has 0 atom stereocenters. The molecule has 0 spiro atoms. The number of thioether (sulfide) groups is 1. The second-order valence-corrected chi connectivity index (χ2v) is 10.1. The molecular formula is C24H17Cl2IN2O2S. The quantitative estimate of drug-likeness (QED) is 0.248. The number of amides is 1. The molecule has 4 nitrogen and oxygen atoms in total. The van der Waals surface area contributed by atoms with Crippen molar-refractivity contribution in [1.29, 1.82) is 0 Å². The Labute approximate surface area is 214 Å². The summed E-state index contributed by atoms with van der Waals surface area (Å²) < 4.78 is 6.99. The minimum atomic E-state index is -0.216. The Morgan fingerprint density at radius 2 is 1.72 bits per heavy atom. The molecule has 1 heterocycles. The molecule has 162 valence electrons. The third-order valence-corrected chi connectivity index (χ3v) is 6.72. The summed E-state index contributed by atoms with van der Waals surface area (Å²) in [7, 11) is 0. The SMILES string of the molecule is Cc1ccc(N=C2NC(=O)/C(=C\c3cc(Cl)c(OCc4ccc(I)cc4)c(Cl)c3)S2)cc1. The van der Waals surface area contributed by atoms with E-state index in [-0.39, 0.29) is 5.91 Å². The standard InChI is InChI=1S/C24H17Cl2IN2O2S/c1-14-2-8-18(9-3-14)28-24-29-23(30)21(32-24)12-16-10-19(25)22(20(26)11-16)31-13-15-4-6-17(27)7-5-15/h2-12H,13H2,1H3,(H,28,29,30)/b21-12+. The molecular weight excluding hydrogens is 578 g/mol. The lowest BCUT2D eigenvalue weighted by molar-refractivity contribution is -0.115. The number of amidine groups is 1. The number of carbonyl (C=O) groups excluding carboxylic acids is 1. The first-order valence-electron chi connectivity index (χ1n) is 9.60. The molecule has 0 aliphatic carbocycles. The van der Waals surface area contributed by atoms with Crippen molar-refractivity contribution in [2.24, 2.45) is 4.99 Å². The number of nitrogens with zero attached hydrogens (tertiary/aromatic N) is 1. The first-order chi connectivity index (χ1) is 15.4. The van der Waals surface area contributed by atoms with Gasteiger partial charge in [0.05, 0.1) is 20.6 Å². The smallest absolute Gasteiger partial charge is 0.264 e. The maximum Gasteiger partial charge on any atom is 0.264 e. The number of nitrogens with one attached hydrogen (secondary N) is 1. The van der Waals surface area contributed by atoms with Gasteiger partial charge in [-0.1, -0.05) is 53.0 Å². The molecule has 1 saturated heterocycles. The Hall–Kier alpha value is -2.00. The Morgan fingerprint density at radius 1 is 1.06 bits per heavy atom. The average Bonchev–Trinajstić information content (AvgIpc) is 3.09. The molecule has 0 saturated carbocycles. The lowest BCUT2D eigenvalue weighted by atomic mass is 10.2. The summed E-state index contributed by atoms with van der Waals surface area (Å²) in [5, 5.41) is 4.08. The van der Waals surface area contributed by atoms with Crippen LogP contribution in [0.3, 0.4) is 0 Å². The van der Waals surface area contributed by atoms with Gasteiger partial charge in [0, 0.05) is 3.57 Å². The van der Waals surface area contributed by atoms with Gasteiger partial charge in [0.1, 0.15) is 6.61 Å². The predicted octanol–water partition coefficient (Wildman–Crippen LogP) is 7.38. The van der Waals surface area contributed by atoms with Crippen LogP contribution in [0.2, 0.25) is 10.0 Å². The lowest BCUT2D eigenvalue weighted by Crippen LogP contribution is -2.19. The monoisotopic (exact) mass is 594 g/mol. The largest absolute Gasteiger partial charge is 0.486 e. The van der Waals surface area contributed by atoms with Crippen LogP contribution in [0.1, 0.15) is 16.7 Å². The van der Waals surface area contributed by atoms with Gasteiger partial charge < -0.3 is 10.1 Å². The van der Waals surface area contributed by atoms with E-state index in [0.717, 1.165) is 20.4 Å². The van der Waals surface area contributed by atoms with Crippen LogP contribution in [0.5, 0.6) is 5.75 Å². The minimum Gasteiger partial charge on any atom is -0.486 e. The van der Waals surface area contributed by atoms with Crippen LogP contribution in [0, 0.1) is 10.5 Å². The van der Waals surface area contributed by atoms with Crippen LogP contribution in [-0.4, -0.2) is 11.1 Å². The maximum absolute atomic E-state index is 12.4. The molecule has 0 aromatic heterocycles. The number of halogens is 3. The van der Waals surface area contributed by atoms with Crippen LogP contribution >= 0.6 is 57.6 Å². The number of hydrogen-bond acceptors (Lipinski definition) is 4. The summed E-state index contributed by atoms with van der Waals surface area (Å²) in [6.45, 7) is 2.37. The van der Waals surface area contributed by atoms with E-state index in [1.165, 1.54) is 11.8 Å². The van der Waals surface area contributed by atoms with Crippen molar-refractivity contribution in [3.63, 3.8) is 0 Å². The highest BCUT2D eigenvalue weighted by Crippen LogP contribution is 2.37. The molecule has 1 aliphatic heterocycles. The fourth-order valence-corrected chi connectivity index (χ4v) is 4.72. The first kappa shape index (κ1) is 23.2. The van der Waals surface area contributed by atoms with Gasteiger partial charge in [0.15, 0.2) is 10.9 Å². The van der Waals surface area contributed by atoms with Crippen molar-refractivity contribution in [3.05, 3.63) is 95.9 Å². The van der Waals surface area contributed by atoms with Crippen molar-refractivity contribution in [3.8, 4) is 5.75 Å². The van der Waals surface area contributed by atoms with E-state index in [4.69, 9.17) is 27.9 Å². The van der Waals surface area contributed by atoms with Gasteiger partial charge in [-0.25, -0.2) is 4.99 Å². The van der Waals surface area contributed by atoms with Gasteiger partial charge in [-0.15, -0.1) is 0 Å². The normalized spacial score (nSPS) is 15.9. The molecule has 1 aliphatic rings. The summed E-state index contributed by atoms with van der Waals surface area (Å²) >= 11 is 16.4. The second-order valence-electron chi connectivity index (χ2n) is 7.05. The molecule has 8 heteroatoms. The number of aryl methyl sites for hydroxylation is 1. The van der Waals surface area contributed by atoms with E-state index in [9.17, 15) is 4.79 Å². The third kappa shape index (κ3) is 5.86. The van der Waals surface area contributed by atoms with Crippen LogP contribution in [0.15, 0.2) is 70.6 Å². The summed E-state index contributed by atoms with van der Waals surface area (Å²) in [6, 6.07) is 19.2. The van der Waals surface area contributed by atoms with Crippen LogP contribution < -0.4 is 10.1 Å². The molecule has 3 aromatic carbocycles. The zero-order chi connectivity index (χ0) is 22.7. The zero-order valence-electron chi connectivity index (χ0n) is 16.9. The highest BCUT2D eigenvalue weighted by atomic mass is 127. The van der Waals surface area contributed by atoms with E-state index in [2.05, 4.69) is 32.9 Å². The number of rotatable bonds is 5. The molecule has 1 amide bonds. The fourth-order valence-electron chi connectivity index (χ4n) is 2.91. The topological polar surface area (TPSA) is 50.7 Å². The van der Waals surface area contributed by atoms with Crippen molar-refractivity contribution >= 4 is 80.4 Å². The van der Waals surface area contributed by atoms with Gasteiger partial charge in [-0.05, 0) is 94.9 Å². The maximum atomic E-state index is 12.4. The molecule has 4 rings (SSSR count). The third-order valence-electron chi connectivity index (χ3n) is 4.53. The highest BCUT2D eigenvalue weighted by molar-refractivity contribution is 14.1. The van der Waals surface area contributed by atoms with E-state index in [1.54, 1.807) is 18.2 Å². The van der Waals surface area contributed by atoms with Gasteiger partial charge in [-0.3, -0.25) is 4.79 Å². The Bertz CT molecular complexity index is 1200. The zero-order valence-corrected chi connectivity index (χ0v) is 21.3. The Balaban J connectivity index is 1.49. The van der Waals surface area contributed by atoms with Crippen LogP contribution in [0.25, 0.3) is 6.08 Å². The number of ether oxygens (including phenoxy) is 1. The molecule has 1 fully saturated rings. The molecule has 0 bridgehead atoms. The molecule has 3 aromatic rings. The number of hydrogen-bond donors (Lipinski definition) is 1. The average molecular weight is 595 g/mol. The van der Waals surface area contributed by atoms with Crippen molar-refractivity contribution in [2.75, 3.05) is 0 Å². The van der Waals surface area contributed by atoms with E-state index >= 15 is 0 Å². The van der Waals surface area contributed by atoms with Crippen molar-refractivity contribution < 1.29 is 9.53 Å². The minimum absolute atomic E-state index is 0.216. The highest BCUT2D eigenvalue weighted by Gasteiger charge is 2.24. The Kier molecular flexibility index (Phi) is 7.45. The van der Waals surface area contributed by atoms with E-state index < -0.39 is 0 Å². The summed E-state index contributed by atoms with van der Waals surface area (Å²) in [4.78, 5) is 17.4. The number of benzene rings is 3. The Morgan fingerprint density at radius 3 is 2.38 bits per heavy atom. The van der Waals surface area contributed by atoms with E-state index in [0.29, 0.717) is 38.0 Å². The van der Waals surface area contributed by atoms with Gasteiger partial charge >= 0.3 is 0 Å². The number of aliphatic imine (C=N–C) groups is 1. The second kappa shape index (κ2) is 10.3. The summed E-state index contributed by atoms with van der Waals surface area (Å²) in [6.07, 6.45) is 1.73. The molecule has 0 radical (unpaired) electrons. The predicted molar refractivity (Wildman–Crippen MR) is 142 cm³/mol. The van der Waals surface area contributed by atoms with Crippen molar-refractivity contribution in [2.45, 2.75) is 13.5 Å². The molecule has 1 N–H and O–H groups in total. The van der Waals surface area contributed by atoms with E-state index in [1.807, 2.05) is 55.5 Å². The van der Waals surface area contributed by atoms with Gasteiger partial charge in [0.25, 0.3) is 5.91 Å². The molecule has 32 heavy (non-hydrogen) atoms. The summed E-state index contributed by atoms with van der Waals surface area (Å²) in [5.41, 5.74) is 3.65. The first-order valence-corrected chi connectivity index (χ1v) is 12.2.